The highest BCUT2D eigenvalue weighted by Crippen LogP contribution is 2.11. The van der Waals surface area contributed by atoms with Gasteiger partial charge in [-0.1, -0.05) is 0 Å². The van der Waals surface area contributed by atoms with Crippen LogP contribution in [-0.2, 0) is 20.4 Å². The molecule has 0 radical (unpaired) electrons. The van der Waals surface area contributed by atoms with Crippen molar-refractivity contribution in [2.24, 2.45) is 0 Å². The highest BCUT2D eigenvalue weighted by atomic mass is 32.2. The minimum absolute atomic E-state index is 0.359. The van der Waals surface area contributed by atoms with E-state index in [9.17, 15) is 18.2 Å². The number of rotatable bonds is 5. The number of aliphatic carboxylic acids is 1. The second kappa shape index (κ2) is 6.42. The molecule has 0 heterocycles. The van der Waals surface area contributed by atoms with Gasteiger partial charge in [0.15, 0.2) is 0 Å². The van der Waals surface area contributed by atoms with Gasteiger partial charge in [-0.05, 0) is 38.1 Å². The average Bonchev–Trinajstić information content (AvgIpc) is 2.38. The van der Waals surface area contributed by atoms with E-state index in [0.717, 1.165) is 0 Å². The molecule has 5 nitrogen and oxygen atoms in total. The third-order valence-electron chi connectivity index (χ3n) is 2.53. The summed E-state index contributed by atoms with van der Waals surface area (Å²) in [7, 11) is -1.83. The number of amides is 1. The predicted octanol–water partition coefficient (Wildman–Crippen LogP) is 1.37. The number of anilines is 1. The van der Waals surface area contributed by atoms with Crippen LogP contribution in [0.15, 0.2) is 24.3 Å². The zero-order valence-electron chi connectivity index (χ0n) is 10.4. The molecule has 7 heteroatoms. The molecule has 0 spiro atoms. The molecule has 2 N–H and O–H groups in total. The molecule has 0 saturated heterocycles. The molecule has 1 aromatic carbocycles. The summed E-state index contributed by atoms with van der Waals surface area (Å²) in [6, 6.07) is 5.08. The Labute approximate surface area is 112 Å². The van der Waals surface area contributed by atoms with Crippen molar-refractivity contribution in [1.29, 1.82) is 0 Å². The zero-order valence-corrected chi connectivity index (χ0v) is 11.2. The van der Waals surface area contributed by atoms with E-state index in [-0.39, 0.29) is 0 Å². The van der Waals surface area contributed by atoms with Crippen molar-refractivity contribution in [3.05, 3.63) is 30.1 Å². The Kier molecular flexibility index (Phi) is 5.17. The normalized spacial score (nSPS) is 15.3. The van der Waals surface area contributed by atoms with Crippen molar-refractivity contribution in [2.75, 3.05) is 5.32 Å². The summed E-state index contributed by atoms with van der Waals surface area (Å²) in [4.78, 5) is 22.5. The van der Waals surface area contributed by atoms with Crippen molar-refractivity contribution in [3.63, 3.8) is 0 Å². The van der Waals surface area contributed by atoms with Crippen LogP contribution in [-0.4, -0.2) is 31.7 Å². The Morgan fingerprint density at radius 3 is 2.21 bits per heavy atom. The first-order valence-corrected chi connectivity index (χ1v) is 6.79. The molecule has 1 rings (SSSR count). The molecule has 1 amide bonds. The summed E-state index contributed by atoms with van der Waals surface area (Å²) in [5.74, 6) is -2.23. The molecule has 0 saturated carbocycles. The monoisotopic (exact) mass is 287 g/mol. The van der Waals surface area contributed by atoms with E-state index in [0.29, 0.717) is 5.69 Å². The number of carboxylic acids is 1. The number of halogens is 1. The van der Waals surface area contributed by atoms with E-state index in [2.05, 4.69) is 5.32 Å². The van der Waals surface area contributed by atoms with Crippen LogP contribution in [0.1, 0.15) is 13.8 Å². The van der Waals surface area contributed by atoms with E-state index in [4.69, 9.17) is 5.11 Å². The zero-order chi connectivity index (χ0) is 14.6. The SMILES string of the molecule is CC(C(=O)O)S(=O)C(C)C(=O)Nc1ccc(F)cc1. The first kappa shape index (κ1) is 15.3. The number of carbonyl (C=O) groups excluding carboxylic acids is 1. The molecule has 0 aliphatic heterocycles. The fourth-order valence-corrected chi connectivity index (χ4v) is 2.37. The summed E-state index contributed by atoms with van der Waals surface area (Å²) in [5, 5.41) is 9.08. The van der Waals surface area contributed by atoms with Crippen LogP contribution in [0.4, 0.5) is 10.1 Å². The van der Waals surface area contributed by atoms with E-state index < -0.39 is 39.0 Å². The lowest BCUT2D eigenvalue weighted by molar-refractivity contribution is -0.136. The van der Waals surface area contributed by atoms with Crippen molar-refractivity contribution in [3.8, 4) is 0 Å². The average molecular weight is 287 g/mol. The Morgan fingerprint density at radius 2 is 1.74 bits per heavy atom. The third-order valence-corrected chi connectivity index (χ3v) is 4.34. The summed E-state index contributed by atoms with van der Waals surface area (Å²) >= 11 is 0. The van der Waals surface area contributed by atoms with Crippen LogP contribution in [0.3, 0.4) is 0 Å². The second-order valence-corrected chi connectivity index (χ2v) is 6.02. The minimum Gasteiger partial charge on any atom is -0.480 e. The van der Waals surface area contributed by atoms with Gasteiger partial charge in [0.25, 0.3) is 0 Å². The molecule has 0 aliphatic rings. The van der Waals surface area contributed by atoms with Gasteiger partial charge in [0.05, 0.1) is 0 Å². The molecule has 3 unspecified atom stereocenters. The minimum atomic E-state index is -1.83. The maximum atomic E-state index is 12.7. The van der Waals surface area contributed by atoms with Gasteiger partial charge in [-0.2, -0.15) is 0 Å². The van der Waals surface area contributed by atoms with Gasteiger partial charge in [0, 0.05) is 16.5 Å². The van der Waals surface area contributed by atoms with Gasteiger partial charge >= 0.3 is 5.97 Å². The van der Waals surface area contributed by atoms with Crippen molar-refractivity contribution in [1.82, 2.24) is 0 Å². The Morgan fingerprint density at radius 1 is 1.21 bits per heavy atom. The van der Waals surface area contributed by atoms with Crippen LogP contribution in [0.2, 0.25) is 0 Å². The van der Waals surface area contributed by atoms with Crippen molar-refractivity contribution in [2.45, 2.75) is 24.3 Å². The van der Waals surface area contributed by atoms with Gasteiger partial charge in [0.2, 0.25) is 5.91 Å². The highest BCUT2D eigenvalue weighted by Gasteiger charge is 2.28. The number of benzene rings is 1. The van der Waals surface area contributed by atoms with Crippen molar-refractivity contribution >= 4 is 28.4 Å². The molecule has 0 aromatic heterocycles. The van der Waals surface area contributed by atoms with E-state index >= 15 is 0 Å². The molecule has 0 fully saturated rings. The standard InChI is InChI=1S/C12H14FNO4S/c1-7(19(18)8(2)12(16)17)11(15)14-10-5-3-9(13)4-6-10/h3-8H,1-2H3,(H,14,15)(H,16,17). The van der Waals surface area contributed by atoms with E-state index in [1.807, 2.05) is 0 Å². The topological polar surface area (TPSA) is 83.5 Å². The fourth-order valence-electron chi connectivity index (χ4n) is 1.29. The maximum Gasteiger partial charge on any atom is 0.319 e. The molecule has 0 aliphatic carbocycles. The summed E-state index contributed by atoms with van der Waals surface area (Å²) < 4.78 is 24.5. The van der Waals surface area contributed by atoms with Crippen molar-refractivity contribution < 1.29 is 23.3 Å². The highest BCUT2D eigenvalue weighted by molar-refractivity contribution is 7.87. The van der Waals surface area contributed by atoms with Gasteiger partial charge in [-0.3, -0.25) is 13.8 Å². The van der Waals surface area contributed by atoms with E-state index in [1.165, 1.54) is 38.1 Å². The molecule has 1 aromatic rings. The number of carbonyl (C=O) groups is 2. The smallest absolute Gasteiger partial charge is 0.319 e. The second-order valence-electron chi connectivity index (χ2n) is 3.95. The molecular formula is C12H14FNO4S. The first-order valence-electron chi connectivity index (χ1n) is 5.51. The van der Waals surface area contributed by atoms with Crippen LogP contribution >= 0.6 is 0 Å². The molecule has 19 heavy (non-hydrogen) atoms. The lowest BCUT2D eigenvalue weighted by Crippen LogP contribution is -2.36. The third kappa shape index (κ3) is 4.13. The Balaban J connectivity index is 2.70. The first-order chi connectivity index (χ1) is 8.82. The quantitative estimate of drug-likeness (QED) is 0.857. The van der Waals surface area contributed by atoms with Crippen LogP contribution in [0.25, 0.3) is 0 Å². The Bertz CT molecular complexity index is 503. The molecular weight excluding hydrogens is 273 g/mol. The maximum absolute atomic E-state index is 12.7. The van der Waals surface area contributed by atoms with Gasteiger partial charge in [-0.25, -0.2) is 4.39 Å². The fraction of sp³-hybridized carbons (Fsp3) is 0.333. The summed E-state index contributed by atoms with van der Waals surface area (Å²) in [6.07, 6.45) is 0. The predicted molar refractivity (Wildman–Crippen MR) is 69.7 cm³/mol. The lowest BCUT2D eigenvalue weighted by atomic mass is 10.3. The van der Waals surface area contributed by atoms with Crippen LogP contribution < -0.4 is 5.32 Å². The largest absolute Gasteiger partial charge is 0.480 e. The lowest BCUT2D eigenvalue weighted by Gasteiger charge is -2.14. The number of nitrogens with one attached hydrogen (secondary N) is 1. The van der Waals surface area contributed by atoms with E-state index in [1.54, 1.807) is 0 Å². The molecule has 0 bridgehead atoms. The molecule has 3 atom stereocenters. The van der Waals surface area contributed by atoms with Crippen LogP contribution in [0, 0.1) is 5.82 Å². The number of hydrogen-bond donors (Lipinski definition) is 2. The van der Waals surface area contributed by atoms with Gasteiger partial charge in [-0.15, -0.1) is 0 Å². The number of carboxylic acid groups (broad SMARTS) is 1. The summed E-state index contributed by atoms with van der Waals surface area (Å²) in [5.41, 5.74) is 0.359. The molecule has 104 valence electrons. The number of hydrogen-bond acceptors (Lipinski definition) is 3. The summed E-state index contributed by atoms with van der Waals surface area (Å²) in [6.45, 7) is 2.66. The Hall–Kier alpha value is -1.76. The van der Waals surface area contributed by atoms with Gasteiger partial charge in [0.1, 0.15) is 16.3 Å². The van der Waals surface area contributed by atoms with Gasteiger partial charge < -0.3 is 10.4 Å². The van der Waals surface area contributed by atoms with Crippen LogP contribution in [0.5, 0.6) is 0 Å².